The van der Waals surface area contributed by atoms with Gasteiger partial charge in [0.25, 0.3) is 0 Å². The lowest BCUT2D eigenvalue weighted by Crippen LogP contribution is -2.17. The topological polar surface area (TPSA) is 53.9 Å². The fraction of sp³-hybridized carbons (Fsp3) is 0.267. The number of thiazole rings is 1. The molecule has 0 radical (unpaired) electrons. The molecule has 0 unspecified atom stereocenters. The molecule has 9 heteroatoms. The van der Waals surface area contributed by atoms with E-state index in [1.807, 2.05) is 24.3 Å². The van der Waals surface area contributed by atoms with E-state index in [0.717, 1.165) is 21.3 Å². The Kier molecular flexibility index (Phi) is 4.27. The molecule has 1 aromatic carbocycles. The van der Waals surface area contributed by atoms with Crippen LogP contribution < -0.4 is 10.2 Å². The molecule has 0 spiro atoms. The van der Waals surface area contributed by atoms with Gasteiger partial charge in [0.2, 0.25) is 5.95 Å². The largest absolute Gasteiger partial charge is 0.433 e. The molecule has 3 aromatic rings. The minimum absolute atomic E-state index is 0.0761. The summed E-state index contributed by atoms with van der Waals surface area (Å²) in [6.45, 7) is 0.257. The van der Waals surface area contributed by atoms with Gasteiger partial charge >= 0.3 is 6.18 Å². The zero-order valence-corrected chi connectivity index (χ0v) is 13.7. The molecule has 2 heterocycles. The third-order valence-corrected chi connectivity index (χ3v) is 4.23. The van der Waals surface area contributed by atoms with Crippen LogP contribution in [-0.4, -0.2) is 29.0 Å². The Bertz CT molecular complexity index is 827. The summed E-state index contributed by atoms with van der Waals surface area (Å²) in [5, 5.41) is 3.58. The number of hydrogen-bond donors (Lipinski definition) is 1. The molecule has 5 nitrogen and oxygen atoms in total. The normalized spacial score (nSPS) is 11.7. The van der Waals surface area contributed by atoms with E-state index < -0.39 is 11.9 Å². The van der Waals surface area contributed by atoms with Crippen molar-refractivity contribution >= 4 is 33.3 Å². The average Bonchev–Trinajstić information content (AvgIpc) is 2.94. The number of nitrogens with one attached hydrogen (secondary N) is 1. The van der Waals surface area contributed by atoms with E-state index in [0.29, 0.717) is 0 Å². The highest BCUT2D eigenvalue weighted by atomic mass is 32.1. The van der Waals surface area contributed by atoms with Crippen molar-refractivity contribution in [2.45, 2.75) is 12.7 Å². The quantitative estimate of drug-likeness (QED) is 0.774. The van der Waals surface area contributed by atoms with E-state index in [2.05, 4.69) is 20.3 Å². The molecule has 24 heavy (non-hydrogen) atoms. The molecule has 0 aliphatic rings. The summed E-state index contributed by atoms with van der Waals surface area (Å²) in [7, 11) is 3.25. The number of halogens is 3. The first kappa shape index (κ1) is 16.4. The molecule has 2 aromatic heterocycles. The van der Waals surface area contributed by atoms with Crippen LogP contribution in [0.5, 0.6) is 0 Å². The highest BCUT2D eigenvalue weighted by Crippen LogP contribution is 2.30. The van der Waals surface area contributed by atoms with E-state index in [1.54, 1.807) is 14.1 Å². The fourth-order valence-electron chi connectivity index (χ4n) is 2.04. The van der Waals surface area contributed by atoms with Gasteiger partial charge in [-0.05, 0) is 12.1 Å². The molecular weight excluding hydrogens is 339 g/mol. The van der Waals surface area contributed by atoms with Gasteiger partial charge in [0.05, 0.1) is 16.8 Å². The minimum atomic E-state index is -4.53. The van der Waals surface area contributed by atoms with Crippen molar-refractivity contribution in [2.75, 3.05) is 24.3 Å². The van der Waals surface area contributed by atoms with Crippen molar-refractivity contribution in [3.05, 3.63) is 41.0 Å². The molecule has 0 aliphatic carbocycles. The fourth-order valence-corrected chi connectivity index (χ4v) is 2.95. The van der Waals surface area contributed by atoms with Crippen molar-refractivity contribution < 1.29 is 13.2 Å². The molecule has 0 amide bonds. The number of rotatable bonds is 4. The highest BCUT2D eigenvalue weighted by Gasteiger charge is 2.34. The lowest BCUT2D eigenvalue weighted by Gasteiger charge is -2.15. The maximum atomic E-state index is 13.0. The Morgan fingerprint density at radius 1 is 1.12 bits per heavy atom. The smallest absolute Gasteiger partial charge is 0.363 e. The van der Waals surface area contributed by atoms with Crippen LogP contribution in [0.4, 0.5) is 24.9 Å². The zero-order valence-electron chi connectivity index (χ0n) is 12.9. The van der Waals surface area contributed by atoms with Gasteiger partial charge in [0.15, 0.2) is 5.69 Å². The van der Waals surface area contributed by atoms with E-state index in [9.17, 15) is 13.2 Å². The predicted octanol–water partition coefficient (Wildman–Crippen LogP) is 3.78. The van der Waals surface area contributed by atoms with Gasteiger partial charge in [-0.1, -0.05) is 12.1 Å². The number of fused-ring (bicyclic) bond motifs is 1. The highest BCUT2D eigenvalue weighted by molar-refractivity contribution is 7.18. The van der Waals surface area contributed by atoms with Gasteiger partial charge in [-0.2, -0.15) is 18.2 Å². The minimum Gasteiger partial charge on any atom is -0.363 e. The SMILES string of the molecule is CN(C)c1cc(C(F)(F)F)nc(NCc2nc3ccccc3s2)n1. The summed E-state index contributed by atoms with van der Waals surface area (Å²) < 4.78 is 39.9. The summed E-state index contributed by atoms with van der Waals surface area (Å²) in [4.78, 5) is 13.6. The van der Waals surface area contributed by atoms with Gasteiger partial charge in [-0.3, -0.25) is 0 Å². The lowest BCUT2D eigenvalue weighted by atomic mass is 10.3. The summed E-state index contributed by atoms with van der Waals surface area (Å²) >= 11 is 1.47. The third-order valence-electron chi connectivity index (χ3n) is 3.20. The maximum Gasteiger partial charge on any atom is 0.433 e. The first-order valence-corrected chi connectivity index (χ1v) is 7.86. The van der Waals surface area contributed by atoms with Crippen LogP contribution in [0.25, 0.3) is 10.2 Å². The van der Waals surface area contributed by atoms with Crippen LogP contribution in [0.2, 0.25) is 0 Å². The number of anilines is 2. The maximum absolute atomic E-state index is 13.0. The molecule has 1 N–H and O–H groups in total. The van der Waals surface area contributed by atoms with Crippen LogP contribution in [0, 0.1) is 0 Å². The van der Waals surface area contributed by atoms with Gasteiger partial charge in [-0.15, -0.1) is 11.3 Å². The first-order chi connectivity index (χ1) is 11.3. The number of aromatic nitrogens is 3. The Morgan fingerprint density at radius 3 is 2.54 bits per heavy atom. The van der Waals surface area contributed by atoms with Gasteiger partial charge in [0, 0.05) is 20.2 Å². The van der Waals surface area contributed by atoms with Crippen LogP contribution in [-0.2, 0) is 12.7 Å². The molecule has 0 atom stereocenters. The van der Waals surface area contributed by atoms with Crippen molar-refractivity contribution in [1.82, 2.24) is 15.0 Å². The Morgan fingerprint density at radius 2 is 1.88 bits per heavy atom. The van der Waals surface area contributed by atoms with Gasteiger partial charge < -0.3 is 10.2 Å². The van der Waals surface area contributed by atoms with E-state index in [1.165, 1.54) is 16.2 Å². The first-order valence-electron chi connectivity index (χ1n) is 7.05. The average molecular weight is 353 g/mol. The Balaban J connectivity index is 1.84. The van der Waals surface area contributed by atoms with Crippen molar-refractivity contribution in [3.63, 3.8) is 0 Å². The Labute approximate surface area is 140 Å². The van der Waals surface area contributed by atoms with Crippen molar-refractivity contribution in [2.24, 2.45) is 0 Å². The predicted molar refractivity (Wildman–Crippen MR) is 88.3 cm³/mol. The molecule has 0 saturated heterocycles. The second kappa shape index (κ2) is 6.23. The van der Waals surface area contributed by atoms with Gasteiger partial charge in [-0.25, -0.2) is 9.97 Å². The van der Waals surface area contributed by atoms with E-state index in [4.69, 9.17) is 0 Å². The summed E-state index contributed by atoms with van der Waals surface area (Å²) in [5.74, 6) is 0.108. The molecule has 0 aliphatic heterocycles. The van der Waals surface area contributed by atoms with Crippen LogP contribution in [0.1, 0.15) is 10.7 Å². The monoisotopic (exact) mass is 353 g/mol. The summed E-state index contributed by atoms with van der Waals surface area (Å²) in [6.07, 6.45) is -4.53. The molecular formula is C15H14F3N5S. The third kappa shape index (κ3) is 3.56. The Hall–Kier alpha value is -2.42. The molecule has 0 bridgehead atoms. The van der Waals surface area contributed by atoms with E-state index >= 15 is 0 Å². The van der Waals surface area contributed by atoms with Crippen molar-refractivity contribution in [3.8, 4) is 0 Å². The number of hydrogen-bond acceptors (Lipinski definition) is 6. The molecule has 3 rings (SSSR count). The lowest BCUT2D eigenvalue weighted by molar-refractivity contribution is -0.141. The van der Waals surface area contributed by atoms with Crippen LogP contribution >= 0.6 is 11.3 Å². The molecule has 0 saturated carbocycles. The zero-order chi connectivity index (χ0) is 17.3. The number of para-hydroxylation sites is 1. The van der Waals surface area contributed by atoms with Crippen LogP contribution in [0.15, 0.2) is 30.3 Å². The number of nitrogens with zero attached hydrogens (tertiary/aromatic N) is 4. The van der Waals surface area contributed by atoms with Gasteiger partial charge in [0.1, 0.15) is 10.8 Å². The standard InChI is InChI=1S/C15H14F3N5S/c1-23(2)12-7-11(15(16,17)18)21-14(22-12)19-8-13-20-9-5-3-4-6-10(9)24-13/h3-7H,8H2,1-2H3,(H,19,21,22). The summed E-state index contributed by atoms with van der Waals surface area (Å²) in [5.41, 5.74) is -0.119. The van der Waals surface area contributed by atoms with E-state index in [-0.39, 0.29) is 18.3 Å². The second-order valence-corrected chi connectivity index (χ2v) is 6.37. The molecule has 0 fully saturated rings. The number of alkyl halides is 3. The molecule has 126 valence electrons. The summed E-state index contributed by atoms with van der Waals surface area (Å²) in [6, 6.07) is 8.56. The second-order valence-electron chi connectivity index (χ2n) is 5.26. The van der Waals surface area contributed by atoms with Crippen LogP contribution in [0.3, 0.4) is 0 Å². The van der Waals surface area contributed by atoms with Crippen molar-refractivity contribution in [1.29, 1.82) is 0 Å². The number of benzene rings is 1.